The molecule has 2 nitrogen and oxygen atoms in total. The van der Waals surface area contributed by atoms with Gasteiger partial charge in [-0.25, -0.2) is 13.2 Å². The second-order valence-corrected chi connectivity index (χ2v) is 6.14. The zero-order valence-corrected chi connectivity index (χ0v) is 12.7. The van der Waals surface area contributed by atoms with Crippen LogP contribution in [-0.4, -0.2) is 31.1 Å². The fourth-order valence-corrected chi connectivity index (χ4v) is 3.12. The second kappa shape index (κ2) is 6.79. The van der Waals surface area contributed by atoms with E-state index < -0.39 is 17.5 Å². The van der Waals surface area contributed by atoms with Crippen molar-refractivity contribution >= 4 is 0 Å². The van der Waals surface area contributed by atoms with E-state index in [1.165, 1.54) is 19.3 Å². The summed E-state index contributed by atoms with van der Waals surface area (Å²) in [6.07, 6.45) is 5.85. The third kappa shape index (κ3) is 3.77. The Morgan fingerprint density at radius 2 is 1.62 bits per heavy atom. The number of likely N-dealkylation sites (N-methyl/N-ethyl adjacent to an activating group) is 1. The van der Waals surface area contributed by atoms with E-state index in [1.807, 2.05) is 0 Å². The molecule has 1 aromatic rings. The van der Waals surface area contributed by atoms with Crippen molar-refractivity contribution in [2.45, 2.75) is 44.2 Å². The van der Waals surface area contributed by atoms with E-state index >= 15 is 0 Å². The molecule has 0 bridgehead atoms. The van der Waals surface area contributed by atoms with E-state index in [0.717, 1.165) is 25.5 Å². The molecule has 1 aliphatic carbocycles. The molecular weight excluding hydrogens is 277 g/mol. The lowest BCUT2D eigenvalue weighted by Gasteiger charge is -2.43. The molecule has 0 spiro atoms. The molecule has 1 fully saturated rings. The van der Waals surface area contributed by atoms with Gasteiger partial charge in [0.25, 0.3) is 0 Å². The summed E-state index contributed by atoms with van der Waals surface area (Å²) in [5.74, 6) is -2.86. The summed E-state index contributed by atoms with van der Waals surface area (Å²) in [7, 11) is 4.12. The van der Waals surface area contributed by atoms with Gasteiger partial charge in [-0.2, -0.15) is 0 Å². The zero-order valence-electron chi connectivity index (χ0n) is 12.7. The lowest BCUT2D eigenvalue weighted by atomic mass is 9.80. The highest BCUT2D eigenvalue weighted by Crippen LogP contribution is 2.31. The molecule has 0 unspecified atom stereocenters. The summed E-state index contributed by atoms with van der Waals surface area (Å²) >= 11 is 0. The lowest BCUT2D eigenvalue weighted by molar-refractivity contribution is 0.0983. The molecule has 1 aromatic carbocycles. The van der Waals surface area contributed by atoms with Gasteiger partial charge in [-0.15, -0.1) is 0 Å². The maximum atomic E-state index is 13.6. The first-order chi connectivity index (χ1) is 9.94. The summed E-state index contributed by atoms with van der Waals surface area (Å²) in [5, 5.41) is 3.21. The van der Waals surface area contributed by atoms with Gasteiger partial charge in [-0.05, 0) is 33.0 Å². The second-order valence-electron chi connectivity index (χ2n) is 6.14. The van der Waals surface area contributed by atoms with Crippen LogP contribution in [-0.2, 0) is 6.54 Å². The summed E-state index contributed by atoms with van der Waals surface area (Å²) in [5.41, 5.74) is 0.242. The Labute approximate surface area is 124 Å². The molecule has 21 heavy (non-hydrogen) atoms. The fourth-order valence-electron chi connectivity index (χ4n) is 3.12. The highest BCUT2D eigenvalue weighted by atomic mass is 19.2. The summed E-state index contributed by atoms with van der Waals surface area (Å²) in [6.45, 7) is 0.928. The highest BCUT2D eigenvalue weighted by molar-refractivity contribution is 5.20. The number of nitrogens with one attached hydrogen (secondary N) is 1. The molecule has 0 amide bonds. The van der Waals surface area contributed by atoms with Crippen LogP contribution in [0.1, 0.15) is 37.7 Å². The molecule has 1 aliphatic rings. The first-order valence-corrected chi connectivity index (χ1v) is 7.46. The maximum Gasteiger partial charge on any atom is 0.161 e. The predicted octanol–water partition coefficient (Wildman–Crippen LogP) is 3.46. The highest BCUT2D eigenvalue weighted by Gasteiger charge is 2.33. The van der Waals surface area contributed by atoms with Crippen LogP contribution in [0.3, 0.4) is 0 Å². The van der Waals surface area contributed by atoms with E-state index in [-0.39, 0.29) is 17.6 Å². The Bertz CT molecular complexity index is 483. The van der Waals surface area contributed by atoms with Crippen molar-refractivity contribution in [3.05, 3.63) is 35.1 Å². The molecule has 0 atom stereocenters. The van der Waals surface area contributed by atoms with Crippen LogP contribution in [0.25, 0.3) is 0 Å². The van der Waals surface area contributed by atoms with Gasteiger partial charge in [0.15, 0.2) is 11.6 Å². The van der Waals surface area contributed by atoms with Gasteiger partial charge in [0.2, 0.25) is 0 Å². The average molecular weight is 300 g/mol. The van der Waals surface area contributed by atoms with Crippen LogP contribution in [0.2, 0.25) is 0 Å². The van der Waals surface area contributed by atoms with E-state index in [4.69, 9.17) is 0 Å². The molecule has 5 heteroatoms. The smallest absolute Gasteiger partial charge is 0.161 e. The Balaban J connectivity index is 1.98. The van der Waals surface area contributed by atoms with Crippen LogP contribution in [0.4, 0.5) is 13.2 Å². The lowest BCUT2D eigenvalue weighted by Crippen LogP contribution is -2.52. The van der Waals surface area contributed by atoms with Crippen molar-refractivity contribution in [2.24, 2.45) is 0 Å². The molecule has 0 heterocycles. The number of rotatable bonds is 5. The number of hydrogen-bond acceptors (Lipinski definition) is 2. The SMILES string of the molecule is CN(C)C1(CNCc2cc(F)c(F)cc2F)CCCCC1. The molecule has 0 saturated heterocycles. The van der Waals surface area contributed by atoms with Crippen molar-refractivity contribution in [2.75, 3.05) is 20.6 Å². The molecular formula is C16H23F3N2. The topological polar surface area (TPSA) is 15.3 Å². The Morgan fingerprint density at radius 1 is 1.00 bits per heavy atom. The summed E-state index contributed by atoms with van der Waals surface area (Å²) in [6, 6.07) is 1.54. The Morgan fingerprint density at radius 3 is 2.24 bits per heavy atom. The van der Waals surface area contributed by atoms with E-state index in [9.17, 15) is 13.2 Å². The first-order valence-electron chi connectivity index (χ1n) is 7.46. The standard InChI is InChI=1S/C16H23F3N2/c1-21(2)16(6-4-3-5-7-16)11-20-10-12-8-14(18)15(19)9-13(12)17/h8-9,20H,3-7,10-11H2,1-2H3. The van der Waals surface area contributed by atoms with Crippen LogP contribution < -0.4 is 5.32 Å². The molecule has 0 aliphatic heterocycles. The van der Waals surface area contributed by atoms with Crippen molar-refractivity contribution in [3.8, 4) is 0 Å². The normalized spacial score (nSPS) is 18.2. The van der Waals surface area contributed by atoms with Crippen LogP contribution >= 0.6 is 0 Å². The predicted molar refractivity (Wildman–Crippen MR) is 77.5 cm³/mol. The molecule has 1 N–H and O–H groups in total. The van der Waals surface area contributed by atoms with Gasteiger partial charge in [-0.3, -0.25) is 0 Å². The molecule has 0 radical (unpaired) electrons. The van der Waals surface area contributed by atoms with Crippen LogP contribution in [0.15, 0.2) is 12.1 Å². The summed E-state index contributed by atoms with van der Waals surface area (Å²) in [4.78, 5) is 2.22. The maximum absolute atomic E-state index is 13.6. The van der Waals surface area contributed by atoms with Crippen LogP contribution in [0.5, 0.6) is 0 Å². The van der Waals surface area contributed by atoms with Gasteiger partial charge in [0, 0.05) is 30.3 Å². The Hall–Kier alpha value is -1.07. The van der Waals surface area contributed by atoms with Crippen LogP contribution in [0, 0.1) is 17.5 Å². The number of hydrogen-bond donors (Lipinski definition) is 1. The number of benzene rings is 1. The van der Waals surface area contributed by atoms with Crippen molar-refractivity contribution in [3.63, 3.8) is 0 Å². The first kappa shape index (κ1) is 16.3. The van der Waals surface area contributed by atoms with Gasteiger partial charge in [-0.1, -0.05) is 19.3 Å². The van der Waals surface area contributed by atoms with Crippen molar-refractivity contribution in [1.82, 2.24) is 10.2 Å². The van der Waals surface area contributed by atoms with Crippen molar-refractivity contribution < 1.29 is 13.2 Å². The quantitative estimate of drug-likeness (QED) is 0.838. The van der Waals surface area contributed by atoms with Crippen molar-refractivity contribution in [1.29, 1.82) is 0 Å². The van der Waals surface area contributed by atoms with Gasteiger partial charge in [0.1, 0.15) is 5.82 Å². The van der Waals surface area contributed by atoms with Gasteiger partial charge < -0.3 is 10.2 Å². The third-order valence-corrected chi connectivity index (χ3v) is 4.59. The van der Waals surface area contributed by atoms with Gasteiger partial charge in [0.05, 0.1) is 0 Å². The third-order valence-electron chi connectivity index (χ3n) is 4.59. The fraction of sp³-hybridized carbons (Fsp3) is 0.625. The number of nitrogens with zero attached hydrogens (tertiary/aromatic N) is 1. The minimum absolute atomic E-state index is 0.0767. The van der Waals surface area contributed by atoms with E-state index in [0.29, 0.717) is 6.07 Å². The Kier molecular flexibility index (Phi) is 5.27. The van der Waals surface area contributed by atoms with E-state index in [2.05, 4.69) is 24.3 Å². The largest absolute Gasteiger partial charge is 0.311 e. The minimum Gasteiger partial charge on any atom is -0.311 e. The molecule has 1 saturated carbocycles. The molecule has 2 rings (SSSR count). The minimum atomic E-state index is -1.15. The number of halogens is 3. The molecule has 0 aromatic heterocycles. The zero-order chi connectivity index (χ0) is 15.5. The monoisotopic (exact) mass is 300 g/mol. The molecule has 118 valence electrons. The summed E-state index contributed by atoms with van der Waals surface area (Å²) < 4.78 is 39.7. The average Bonchev–Trinajstić information content (AvgIpc) is 2.45. The van der Waals surface area contributed by atoms with E-state index in [1.54, 1.807) is 0 Å². The van der Waals surface area contributed by atoms with Gasteiger partial charge >= 0.3 is 0 Å².